The van der Waals surface area contributed by atoms with Crippen molar-refractivity contribution in [2.75, 3.05) is 0 Å². The second-order valence-corrected chi connectivity index (χ2v) is 290. The van der Waals surface area contributed by atoms with Gasteiger partial charge in [0.15, 0.2) is 0 Å². The van der Waals surface area contributed by atoms with Gasteiger partial charge in [0.1, 0.15) is 53.0 Å². The Balaban J connectivity index is 12.1. The molecule has 0 aliphatic carbocycles. The normalized spacial score (nSPS) is 16.8. The first kappa shape index (κ1) is 103. The zero-order chi connectivity index (χ0) is 58.8. The van der Waals surface area contributed by atoms with E-state index in [9.17, 15) is 0 Å². The van der Waals surface area contributed by atoms with Crippen LogP contribution in [0.5, 0.6) is 0 Å². The van der Waals surface area contributed by atoms with E-state index in [-0.39, 0.29) is 0 Å². The summed E-state index contributed by atoms with van der Waals surface area (Å²) in [6, 6.07) is 0. The minimum atomic E-state index is -1.42. The zero-order valence-corrected chi connectivity index (χ0v) is 106. The van der Waals surface area contributed by atoms with Crippen molar-refractivity contribution in [1.82, 2.24) is 0 Å². The van der Waals surface area contributed by atoms with E-state index in [1.165, 1.54) is 0 Å². The third-order valence-corrected chi connectivity index (χ3v) is 486. The summed E-state index contributed by atoms with van der Waals surface area (Å²) in [5.74, 6) is 0. The summed E-state index contributed by atoms with van der Waals surface area (Å²) in [6.07, 6.45) is 0. The van der Waals surface area contributed by atoms with Gasteiger partial charge in [0, 0.05) is 0 Å². The van der Waals surface area contributed by atoms with E-state index in [0.717, 1.165) is 0 Å². The van der Waals surface area contributed by atoms with E-state index in [1.54, 1.807) is 0 Å². The largest absolute Gasteiger partial charge is 0.171 e. The van der Waals surface area contributed by atoms with Gasteiger partial charge < -0.3 is 0 Å². The molecule has 0 amide bonds. The lowest BCUT2D eigenvalue weighted by Gasteiger charge is -2.62. The molecule has 0 bridgehead atoms. The summed E-state index contributed by atoms with van der Waals surface area (Å²) in [4.78, 5) is 0. The quantitative estimate of drug-likeness (QED) is 0.0438. The molecule has 74 heteroatoms. The second kappa shape index (κ2) is 55.7. The lowest BCUT2D eigenvalue weighted by atomic mass is 10.7. The Morgan fingerprint density at radius 2 is 0.230 bits per heavy atom. The zero-order valence-electron chi connectivity index (χ0n) is 38.0. The highest BCUT2D eigenvalue weighted by molar-refractivity contribution is 9.56. The molecular weight excluding hydrogens is 2150 g/mol. The van der Waals surface area contributed by atoms with Gasteiger partial charge in [-0.2, -0.15) is 22.1 Å². The van der Waals surface area contributed by atoms with Gasteiger partial charge in [0.05, 0.1) is 0 Å². The van der Waals surface area contributed by atoms with Gasteiger partial charge in [-0.1, -0.05) is 6.99 Å². The average Bonchev–Trinajstić information content (AvgIpc) is 3.16. The van der Waals surface area contributed by atoms with Crippen LogP contribution < -0.4 is 0 Å². The van der Waals surface area contributed by atoms with E-state index in [0.29, 0.717) is 0 Å². The van der Waals surface area contributed by atoms with E-state index < -0.39 is 253 Å². The summed E-state index contributed by atoms with van der Waals surface area (Å²) < 4.78 is 0. The fourth-order valence-electron chi connectivity index (χ4n) is 4.50. The molecule has 0 saturated heterocycles. The smallest absolute Gasteiger partial charge is 0.121 e. The minimum absolute atomic E-state index is 0.420. The van der Waals surface area contributed by atoms with Crippen LogP contribution in [0.15, 0.2) is 0 Å². The van der Waals surface area contributed by atoms with Crippen LogP contribution in [0, 0.1) is 0 Å². The third kappa shape index (κ3) is 35.5. The van der Waals surface area contributed by atoms with Gasteiger partial charge in [-0.15, -0.1) is 284 Å². The van der Waals surface area contributed by atoms with Gasteiger partial charge in [-0.3, -0.25) is 0 Å². The summed E-state index contributed by atoms with van der Waals surface area (Å²) >= 11 is 0. The molecule has 0 aromatic heterocycles. The summed E-state index contributed by atoms with van der Waals surface area (Å²) in [5.41, 5.74) is 0. The molecule has 0 N–H and O–H groups in total. The van der Waals surface area contributed by atoms with Crippen molar-refractivity contribution in [2.45, 2.75) is 0 Å². The molecule has 0 heterocycles. The molecule has 14 radical (unpaired) electrons. The van der Waals surface area contributed by atoms with Crippen molar-refractivity contribution >= 4 is 583 Å². The van der Waals surface area contributed by atoms with Crippen LogP contribution in [0.4, 0.5) is 0 Å². The summed E-state index contributed by atoms with van der Waals surface area (Å²) in [5, 5.41) is 0. The second-order valence-electron chi connectivity index (χ2n) is 11.8. The maximum atomic E-state index is 7.74. The van der Waals surface area contributed by atoms with Gasteiger partial charge in [-0.25, -0.2) is 0 Å². The first-order valence-electron chi connectivity index (χ1n) is 16.8. The van der Waals surface area contributed by atoms with Crippen LogP contribution in [-0.2, 0) is 0 Å². The predicted octanol–water partition coefficient (Wildman–Crippen LogP) is 38.4. The van der Waals surface area contributed by atoms with Crippen LogP contribution in [0.1, 0.15) is 0 Å². The highest BCUT2D eigenvalue weighted by atomic mass is 33.6. The Morgan fingerprint density at radius 3 is 0.338 bits per heavy atom. The first-order valence-corrected chi connectivity index (χ1v) is 140. The average molecular weight is 2210 g/mol. The molecule has 74 heavy (non-hydrogen) atoms. The van der Waals surface area contributed by atoms with E-state index in [2.05, 4.69) is 277 Å². The van der Waals surface area contributed by atoms with Crippen LogP contribution in [0.25, 0.3) is 0 Å². The Morgan fingerprint density at radius 1 is 0.122 bits per heavy atom. The number of hydrogen-bond donors (Lipinski definition) is 0. The van der Waals surface area contributed by atoms with Crippen molar-refractivity contribution in [3.63, 3.8) is 0 Å². The standard InChI is InChI=1S/B7H62P67/c1-39(2)58(40(3)4)67(57(37)38)72(68(59(41(5)6)42(7)8)60(43(9)10)44(11)12)74(71(65(53(29)30)54(31)32)66(55(33)34)56(35)36)73(69(61(45(13)14)46(15)16)62(47(17)18)48(19)20)70(63(49(21)22)50(23)24)64(51(25)26)52(27)28/h8-38H2. The Labute approximate surface area is 573 Å². The molecular formula is H62B7P67. The molecule has 0 aromatic rings. The van der Waals surface area contributed by atoms with Crippen LogP contribution >= 0.6 is 530 Å². The molecule has 418 valence electrons. The molecule has 37 unspecified atom stereocenters. The van der Waals surface area contributed by atoms with Crippen molar-refractivity contribution in [3.8, 4) is 0 Å². The van der Waals surface area contributed by atoms with E-state index in [1.807, 2.05) is 0 Å². The summed E-state index contributed by atoms with van der Waals surface area (Å²) in [7, 11) is 157. The van der Waals surface area contributed by atoms with Gasteiger partial charge in [0.2, 0.25) is 0 Å². The third-order valence-electron chi connectivity index (χ3n) is 6.48. The van der Waals surface area contributed by atoms with Crippen molar-refractivity contribution in [3.05, 3.63) is 0 Å². The van der Waals surface area contributed by atoms with Crippen LogP contribution in [0.2, 0.25) is 0 Å². The SMILES string of the molecule is [B]P([B])P(P([B])[B])P(P(P)P)P(P(P(P([B])[B])P([B])P)P(P(P)P)P(P)P)P(P(P(P(P)P)P(P)P)P(P(P)P)P(P)P)P(P(P(P(P)P)P(P)P)P(P(P)P)P(P)P)P(P(P(P)P)P(P)P)P(P(P)P)P(P)P. The molecule has 0 aliphatic rings. The minimum Gasteiger partial charge on any atom is -0.171 e. The van der Waals surface area contributed by atoms with Crippen molar-refractivity contribution in [1.29, 1.82) is 0 Å². The molecule has 0 aromatic carbocycles. The summed E-state index contributed by atoms with van der Waals surface area (Å²) in [6.45, 7) is -18.0. The van der Waals surface area contributed by atoms with Crippen LogP contribution in [0.3, 0.4) is 0 Å². The molecule has 0 fully saturated rings. The number of rotatable bonds is 35. The Bertz CT molecular complexity index is 1260. The number of hydrogen-bond acceptors (Lipinski definition) is 0. The molecule has 0 nitrogen and oxygen atoms in total. The fourth-order valence-corrected chi connectivity index (χ4v) is 992. The predicted molar refractivity (Wildman–Crippen MR) is 590 cm³/mol. The lowest BCUT2D eigenvalue weighted by molar-refractivity contribution is 4.28. The van der Waals surface area contributed by atoms with E-state index >= 15 is 0 Å². The highest BCUT2D eigenvalue weighted by Gasteiger charge is 2.63. The van der Waals surface area contributed by atoms with Gasteiger partial charge in [-0.05, 0) is 217 Å². The van der Waals surface area contributed by atoms with Crippen molar-refractivity contribution < 1.29 is 0 Å². The molecule has 0 rings (SSSR count). The lowest BCUT2D eigenvalue weighted by Crippen LogP contribution is -1.78. The topological polar surface area (TPSA) is 0 Å². The maximum Gasteiger partial charge on any atom is 0.121 e. The molecule has 0 saturated carbocycles. The molecule has 37 atom stereocenters. The Hall–Kier alpha value is 29.3. The highest BCUT2D eigenvalue weighted by Crippen LogP contribution is 3.50. The van der Waals surface area contributed by atoms with E-state index in [4.69, 9.17) is 53.0 Å². The Kier molecular flexibility index (Phi) is 77.7. The monoisotopic (exact) mass is 2210 g/mol. The van der Waals surface area contributed by atoms with Crippen LogP contribution in [-0.4, -0.2) is 53.0 Å². The molecule has 0 aliphatic heterocycles. The maximum absolute atomic E-state index is 7.74. The molecule has 0 spiro atoms. The van der Waals surface area contributed by atoms with Gasteiger partial charge in [0.25, 0.3) is 0 Å². The fraction of sp³-hybridized carbons (Fsp3) is 0. The van der Waals surface area contributed by atoms with Crippen molar-refractivity contribution in [2.24, 2.45) is 0 Å². The van der Waals surface area contributed by atoms with Gasteiger partial charge >= 0.3 is 0 Å². The first-order chi connectivity index (χ1) is 33.6.